The van der Waals surface area contributed by atoms with E-state index in [0.29, 0.717) is 49.0 Å². The first-order chi connectivity index (χ1) is 16.8. The molecule has 0 bridgehead atoms. The van der Waals surface area contributed by atoms with E-state index in [1.807, 2.05) is 36.6 Å². The molecular formula is C24H28ClN3O5S2. The second kappa shape index (κ2) is 11.2. The van der Waals surface area contributed by atoms with E-state index in [-0.39, 0.29) is 11.4 Å². The number of halogens is 1. The van der Waals surface area contributed by atoms with E-state index in [2.05, 4.69) is 4.99 Å². The zero-order chi connectivity index (χ0) is 25.0. The predicted molar refractivity (Wildman–Crippen MR) is 136 cm³/mol. The molecule has 1 aliphatic heterocycles. The Kier molecular flexibility index (Phi) is 8.28. The smallest absolute Gasteiger partial charge is 0.266 e. The molecule has 4 rings (SSSR count). The van der Waals surface area contributed by atoms with Gasteiger partial charge in [-0.2, -0.15) is 9.30 Å². The lowest BCUT2D eigenvalue weighted by atomic mass is 10.2. The van der Waals surface area contributed by atoms with Crippen LogP contribution in [0.5, 0.6) is 5.75 Å². The van der Waals surface area contributed by atoms with Gasteiger partial charge in [0.25, 0.3) is 5.91 Å². The van der Waals surface area contributed by atoms with Gasteiger partial charge in [-0.3, -0.25) is 4.79 Å². The molecule has 8 nitrogen and oxygen atoms in total. The predicted octanol–water partition coefficient (Wildman–Crippen LogP) is 4.07. The van der Waals surface area contributed by atoms with E-state index < -0.39 is 22.0 Å². The van der Waals surface area contributed by atoms with Crippen molar-refractivity contribution < 1.29 is 22.7 Å². The molecule has 35 heavy (non-hydrogen) atoms. The van der Waals surface area contributed by atoms with Gasteiger partial charge in [0.15, 0.2) is 4.80 Å². The lowest BCUT2D eigenvalue weighted by Crippen LogP contribution is -2.40. The summed E-state index contributed by atoms with van der Waals surface area (Å²) < 4.78 is 41.8. The van der Waals surface area contributed by atoms with Crippen LogP contribution in [-0.2, 0) is 26.1 Å². The van der Waals surface area contributed by atoms with Crippen LogP contribution in [0.15, 0.2) is 52.4 Å². The fourth-order valence-electron chi connectivity index (χ4n) is 4.10. The van der Waals surface area contributed by atoms with E-state index >= 15 is 0 Å². The second-order valence-corrected chi connectivity index (χ2v) is 11.3. The standard InChI is InChI=1S/C24H28ClN3O5S2/c1-3-32-15-14-27-20-12-9-18(33-4-2)16-22(20)34-24(27)26-23(29)21-6-5-13-28(21)35(30,31)19-10-7-17(25)8-11-19/h7-12,16,21H,3-6,13-15H2,1-2H3. The van der Waals surface area contributed by atoms with Crippen molar-refractivity contribution in [1.29, 1.82) is 0 Å². The number of benzene rings is 2. The summed E-state index contributed by atoms with van der Waals surface area (Å²) >= 11 is 7.29. The van der Waals surface area contributed by atoms with Crippen LogP contribution in [0.1, 0.15) is 26.7 Å². The Morgan fingerprint density at radius 1 is 1.17 bits per heavy atom. The van der Waals surface area contributed by atoms with Gasteiger partial charge in [-0.15, -0.1) is 0 Å². The Bertz CT molecular complexity index is 1370. The highest BCUT2D eigenvalue weighted by atomic mass is 35.5. The van der Waals surface area contributed by atoms with Crippen molar-refractivity contribution in [2.24, 2.45) is 4.99 Å². The van der Waals surface area contributed by atoms with E-state index in [1.165, 1.54) is 39.9 Å². The monoisotopic (exact) mass is 537 g/mol. The Labute approximate surface area is 213 Å². The average molecular weight is 538 g/mol. The second-order valence-electron chi connectivity index (χ2n) is 7.97. The lowest BCUT2D eigenvalue weighted by Gasteiger charge is -2.21. The summed E-state index contributed by atoms with van der Waals surface area (Å²) in [4.78, 5) is 18.4. The molecule has 3 aromatic rings. The van der Waals surface area contributed by atoms with Crippen molar-refractivity contribution in [3.8, 4) is 5.75 Å². The number of fused-ring (bicyclic) bond motifs is 1. The Hall–Kier alpha value is -2.24. The maximum atomic E-state index is 13.3. The summed E-state index contributed by atoms with van der Waals surface area (Å²) in [6.45, 7) is 6.24. The van der Waals surface area contributed by atoms with Crippen molar-refractivity contribution in [2.75, 3.05) is 26.4 Å². The van der Waals surface area contributed by atoms with Gasteiger partial charge >= 0.3 is 0 Å². The topological polar surface area (TPSA) is 90.2 Å². The molecule has 1 aromatic heterocycles. The molecule has 0 aliphatic carbocycles. The summed E-state index contributed by atoms with van der Waals surface area (Å²) in [6, 6.07) is 10.9. The highest BCUT2D eigenvalue weighted by Gasteiger charge is 2.39. The van der Waals surface area contributed by atoms with Crippen LogP contribution in [-0.4, -0.2) is 55.6 Å². The highest BCUT2D eigenvalue weighted by Crippen LogP contribution is 2.28. The summed E-state index contributed by atoms with van der Waals surface area (Å²) in [7, 11) is -3.85. The number of carbonyl (C=O) groups is 1. The number of carbonyl (C=O) groups excluding carboxylic acids is 1. The normalized spacial score (nSPS) is 17.3. The van der Waals surface area contributed by atoms with Crippen LogP contribution < -0.4 is 9.54 Å². The number of rotatable bonds is 9. The third kappa shape index (κ3) is 5.62. The average Bonchev–Trinajstić information content (AvgIpc) is 3.45. The number of hydrogen-bond acceptors (Lipinski definition) is 6. The van der Waals surface area contributed by atoms with Gasteiger partial charge in [-0.25, -0.2) is 8.42 Å². The zero-order valence-corrected chi connectivity index (χ0v) is 22.0. The fourth-order valence-corrected chi connectivity index (χ4v) is 6.96. The minimum atomic E-state index is -3.85. The molecule has 1 amide bonds. The van der Waals surface area contributed by atoms with Gasteiger partial charge in [0.1, 0.15) is 11.8 Å². The fraction of sp³-hybridized carbons (Fsp3) is 0.417. The molecule has 11 heteroatoms. The van der Waals surface area contributed by atoms with E-state index in [0.717, 1.165) is 16.0 Å². The molecule has 0 saturated carbocycles. The Morgan fingerprint density at radius 3 is 2.66 bits per heavy atom. The van der Waals surface area contributed by atoms with Gasteiger partial charge in [0, 0.05) is 24.7 Å². The molecule has 0 N–H and O–H groups in total. The van der Waals surface area contributed by atoms with Crippen molar-refractivity contribution in [2.45, 2.75) is 44.2 Å². The maximum Gasteiger partial charge on any atom is 0.266 e. The van der Waals surface area contributed by atoms with Crippen LogP contribution >= 0.6 is 22.9 Å². The molecule has 1 fully saturated rings. The molecule has 0 radical (unpaired) electrons. The van der Waals surface area contributed by atoms with Crippen LogP contribution in [0.4, 0.5) is 0 Å². The van der Waals surface area contributed by atoms with E-state index in [1.54, 1.807) is 0 Å². The number of aromatic nitrogens is 1. The number of amides is 1. The summed E-state index contributed by atoms with van der Waals surface area (Å²) in [5, 5.41) is 0.446. The Balaban J connectivity index is 1.69. The summed E-state index contributed by atoms with van der Waals surface area (Å²) in [5.74, 6) is 0.272. The molecular weight excluding hydrogens is 510 g/mol. The first-order valence-corrected chi connectivity index (χ1v) is 14.2. The van der Waals surface area contributed by atoms with Crippen LogP contribution in [0.2, 0.25) is 5.02 Å². The van der Waals surface area contributed by atoms with Gasteiger partial charge in [-0.1, -0.05) is 22.9 Å². The van der Waals surface area contributed by atoms with E-state index in [9.17, 15) is 13.2 Å². The first kappa shape index (κ1) is 25.8. The molecule has 2 heterocycles. The van der Waals surface area contributed by atoms with Crippen molar-refractivity contribution in [3.63, 3.8) is 0 Å². The molecule has 1 unspecified atom stereocenters. The minimum Gasteiger partial charge on any atom is -0.494 e. The lowest BCUT2D eigenvalue weighted by molar-refractivity contribution is -0.121. The molecule has 188 valence electrons. The number of nitrogens with zero attached hydrogens (tertiary/aromatic N) is 3. The number of hydrogen-bond donors (Lipinski definition) is 0. The van der Waals surface area contributed by atoms with E-state index in [4.69, 9.17) is 21.1 Å². The van der Waals surface area contributed by atoms with Crippen LogP contribution in [0.3, 0.4) is 0 Å². The van der Waals surface area contributed by atoms with Gasteiger partial charge in [-0.05, 0) is 69.2 Å². The van der Waals surface area contributed by atoms with Crippen LogP contribution in [0.25, 0.3) is 10.2 Å². The molecule has 1 aliphatic rings. The first-order valence-electron chi connectivity index (χ1n) is 11.5. The molecule has 2 aromatic carbocycles. The quantitative estimate of drug-likeness (QED) is 0.384. The molecule has 1 atom stereocenters. The zero-order valence-electron chi connectivity index (χ0n) is 19.6. The van der Waals surface area contributed by atoms with Gasteiger partial charge < -0.3 is 14.0 Å². The Morgan fingerprint density at radius 2 is 1.94 bits per heavy atom. The van der Waals surface area contributed by atoms with Crippen LogP contribution in [0, 0.1) is 0 Å². The molecule has 1 saturated heterocycles. The largest absolute Gasteiger partial charge is 0.494 e. The SMILES string of the molecule is CCOCCn1c(=NC(=O)C2CCCN2S(=O)(=O)c2ccc(Cl)cc2)sc2cc(OCC)ccc21. The minimum absolute atomic E-state index is 0.110. The third-order valence-electron chi connectivity index (χ3n) is 5.74. The number of ether oxygens (including phenoxy) is 2. The summed E-state index contributed by atoms with van der Waals surface area (Å²) in [6.07, 6.45) is 1.01. The molecule has 0 spiro atoms. The highest BCUT2D eigenvalue weighted by molar-refractivity contribution is 7.89. The number of sulfonamides is 1. The van der Waals surface area contributed by atoms with Crippen molar-refractivity contribution in [3.05, 3.63) is 52.3 Å². The van der Waals surface area contributed by atoms with Crippen molar-refractivity contribution in [1.82, 2.24) is 8.87 Å². The van der Waals surface area contributed by atoms with Gasteiger partial charge in [0.05, 0.1) is 28.3 Å². The number of thiazole rings is 1. The maximum absolute atomic E-state index is 13.3. The summed E-state index contributed by atoms with van der Waals surface area (Å²) in [5.41, 5.74) is 0.918. The third-order valence-corrected chi connectivity index (χ3v) is 8.96. The van der Waals surface area contributed by atoms with Gasteiger partial charge in [0.2, 0.25) is 10.0 Å². The van der Waals surface area contributed by atoms with Crippen molar-refractivity contribution >= 4 is 49.1 Å².